The maximum atomic E-state index is 12.7. The molecule has 1 saturated heterocycles. The van der Waals surface area contributed by atoms with Crippen LogP contribution in [-0.4, -0.2) is 21.0 Å². The van der Waals surface area contributed by atoms with E-state index < -0.39 is 0 Å². The number of nitrogens with zero attached hydrogens (tertiary/aromatic N) is 3. The van der Waals surface area contributed by atoms with E-state index in [1.165, 1.54) is 0 Å². The monoisotopic (exact) mass is 283 g/mol. The molecule has 0 N–H and O–H groups in total. The van der Waals surface area contributed by atoms with E-state index in [1.807, 2.05) is 37.8 Å². The molecule has 3 aromatic rings. The van der Waals surface area contributed by atoms with Crippen molar-refractivity contribution < 1.29 is 4.74 Å². The minimum absolute atomic E-state index is 0.0262. The summed E-state index contributed by atoms with van der Waals surface area (Å²) in [4.78, 5) is 12.7. The molecule has 0 spiro atoms. The molecule has 1 unspecified atom stereocenters. The Balaban J connectivity index is 2.28. The molecule has 1 aromatic carbocycles. The van der Waals surface area contributed by atoms with Gasteiger partial charge in [-0.3, -0.25) is 9.36 Å². The Morgan fingerprint density at radius 3 is 2.81 bits per heavy atom. The molecule has 2 aromatic heterocycles. The number of aryl methyl sites for hydroxylation is 3. The number of pyridine rings is 1. The average molecular weight is 283 g/mol. The first-order chi connectivity index (χ1) is 10.1. The van der Waals surface area contributed by atoms with Crippen molar-refractivity contribution in [3.63, 3.8) is 0 Å². The fraction of sp³-hybridized carbons (Fsp3) is 0.375. The topological polar surface area (TPSA) is 52.4 Å². The van der Waals surface area contributed by atoms with Crippen LogP contribution in [0.3, 0.4) is 0 Å². The number of rotatable bonds is 2. The molecule has 0 saturated carbocycles. The first-order valence-electron chi connectivity index (χ1n) is 7.22. The van der Waals surface area contributed by atoms with Crippen LogP contribution in [0.4, 0.5) is 0 Å². The predicted molar refractivity (Wildman–Crippen MR) is 81.6 cm³/mol. The van der Waals surface area contributed by atoms with Gasteiger partial charge in [-0.1, -0.05) is 6.07 Å². The standard InChI is InChI=1S/C16H17N3O2/c1-4-19-15-12(7-17-19)14-10(13-8-21-13)5-9(2)6-11(14)16(20)18(15)3/h5-7,13H,4,8H2,1-3H3. The smallest absolute Gasteiger partial charge is 0.259 e. The fourth-order valence-corrected chi connectivity index (χ4v) is 3.18. The molecule has 5 nitrogen and oxygen atoms in total. The van der Waals surface area contributed by atoms with Crippen molar-refractivity contribution in [3.8, 4) is 0 Å². The summed E-state index contributed by atoms with van der Waals surface area (Å²) >= 11 is 0. The van der Waals surface area contributed by atoms with Crippen LogP contribution < -0.4 is 5.56 Å². The van der Waals surface area contributed by atoms with E-state index in [9.17, 15) is 4.79 Å². The largest absolute Gasteiger partial charge is 0.368 e. The Labute approximate surface area is 121 Å². The second-order valence-corrected chi connectivity index (χ2v) is 5.66. The highest BCUT2D eigenvalue weighted by Gasteiger charge is 2.29. The molecule has 21 heavy (non-hydrogen) atoms. The van der Waals surface area contributed by atoms with Crippen molar-refractivity contribution in [1.29, 1.82) is 0 Å². The molecule has 5 heteroatoms. The average Bonchev–Trinajstić information content (AvgIpc) is 3.23. The second-order valence-electron chi connectivity index (χ2n) is 5.66. The van der Waals surface area contributed by atoms with Crippen LogP contribution >= 0.6 is 0 Å². The maximum absolute atomic E-state index is 12.7. The Morgan fingerprint density at radius 2 is 2.14 bits per heavy atom. The van der Waals surface area contributed by atoms with E-state index in [0.717, 1.165) is 46.1 Å². The van der Waals surface area contributed by atoms with Crippen LogP contribution in [0.25, 0.3) is 21.8 Å². The van der Waals surface area contributed by atoms with Crippen LogP contribution in [0, 0.1) is 6.92 Å². The molecule has 0 bridgehead atoms. The summed E-state index contributed by atoms with van der Waals surface area (Å²) in [5, 5.41) is 7.21. The van der Waals surface area contributed by atoms with E-state index in [4.69, 9.17) is 4.74 Å². The SMILES string of the molecule is CCn1ncc2c3c(C4CO4)cc(C)cc3c(=O)n(C)c21. The lowest BCUT2D eigenvalue weighted by Gasteiger charge is -2.11. The second kappa shape index (κ2) is 4.18. The molecular weight excluding hydrogens is 266 g/mol. The Hall–Kier alpha value is -2.14. The van der Waals surface area contributed by atoms with Gasteiger partial charge >= 0.3 is 0 Å². The highest BCUT2D eigenvalue weighted by Crippen LogP contribution is 2.37. The maximum Gasteiger partial charge on any atom is 0.259 e. The molecule has 3 heterocycles. The van der Waals surface area contributed by atoms with Gasteiger partial charge in [0.25, 0.3) is 5.56 Å². The summed E-state index contributed by atoms with van der Waals surface area (Å²) in [6.45, 7) is 5.52. The van der Waals surface area contributed by atoms with Gasteiger partial charge in [-0.05, 0) is 31.0 Å². The molecule has 4 rings (SSSR count). The number of aromatic nitrogens is 3. The molecular formula is C16H17N3O2. The van der Waals surface area contributed by atoms with E-state index in [2.05, 4.69) is 11.2 Å². The molecule has 0 radical (unpaired) electrons. The lowest BCUT2D eigenvalue weighted by molar-refractivity contribution is 0.417. The van der Waals surface area contributed by atoms with Crippen LogP contribution in [-0.2, 0) is 18.3 Å². The first kappa shape index (κ1) is 12.6. The van der Waals surface area contributed by atoms with Gasteiger partial charge < -0.3 is 4.74 Å². The van der Waals surface area contributed by atoms with Crippen LogP contribution in [0.1, 0.15) is 24.2 Å². The zero-order chi connectivity index (χ0) is 14.7. The molecule has 1 fully saturated rings. The summed E-state index contributed by atoms with van der Waals surface area (Å²) < 4.78 is 9.04. The number of epoxide rings is 1. The van der Waals surface area contributed by atoms with Crippen molar-refractivity contribution in [2.75, 3.05) is 6.61 Å². The summed E-state index contributed by atoms with van der Waals surface area (Å²) in [6.07, 6.45) is 1.98. The molecule has 0 amide bonds. The van der Waals surface area contributed by atoms with Gasteiger partial charge in [0.15, 0.2) is 0 Å². The van der Waals surface area contributed by atoms with Gasteiger partial charge in [0.05, 0.1) is 12.8 Å². The molecule has 1 atom stereocenters. The van der Waals surface area contributed by atoms with Crippen molar-refractivity contribution in [3.05, 3.63) is 39.8 Å². The van der Waals surface area contributed by atoms with Gasteiger partial charge in [-0.25, -0.2) is 4.68 Å². The highest BCUT2D eigenvalue weighted by molar-refractivity contribution is 6.06. The van der Waals surface area contributed by atoms with Gasteiger partial charge in [0, 0.05) is 29.8 Å². The summed E-state index contributed by atoms with van der Waals surface area (Å²) in [5.74, 6) is 0. The van der Waals surface area contributed by atoms with Gasteiger partial charge in [-0.15, -0.1) is 0 Å². The molecule has 108 valence electrons. The van der Waals surface area contributed by atoms with E-state index in [1.54, 1.807) is 4.57 Å². The van der Waals surface area contributed by atoms with E-state index >= 15 is 0 Å². The van der Waals surface area contributed by atoms with Crippen LogP contribution in [0.5, 0.6) is 0 Å². The number of hydrogen-bond acceptors (Lipinski definition) is 3. The Kier molecular flexibility index (Phi) is 2.50. The van der Waals surface area contributed by atoms with E-state index in [0.29, 0.717) is 0 Å². The van der Waals surface area contributed by atoms with Gasteiger partial charge in [0.2, 0.25) is 0 Å². The minimum Gasteiger partial charge on any atom is -0.368 e. The first-order valence-corrected chi connectivity index (χ1v) is 7.22. The number of ether oxygens (including phenoxy) is 1. The molecule has 1 aliphatic rings. The fourth-order valence-electron chi connectivity index (χ4n) is 3.18. The number of fused-ring (bicyclic) bond motifs is 3. The zero-order valence-corrected chi connectivity index (χ0v) is 12.4. The highest BCUT2D eigenvalue weighted by atomic mass is 16.6. The third-order valence-electron chi connectivity index (χ3n) is 4.23. The van der Waals surface area contributed by atoms with Crippen molar-refractivity contribution in [2.24, 2.45) is 7.05 Å². The summed E-state index contributed by atoms with van der Waals surface area (Å²) in [7, 11) is 1.81. The van der Waals surface area contributed by atoms with Crippen molar-refractivity contribution in [2.45, 2.75) is 26.5 Å². The summed E-state index contributed by atoms with van der Waals surface area (Å²) in [5.41, 5.74) is 3.11. The van der Waals surface area contributed by atoms with Crippen molar-refractivity contribution in [1.82, 2.24) is 14.3 Å². The van der Waals surface area contributed by atoms with E-state index in [-0.39, 0.29) is 11.7 Å². The lowest BCUT2D eigenvalue weighted by Crippen LogP contribution is -2.20. The predicted octanol–water partition coefficient (Wildman–Crippen LogP) is 2.29. The normalized spacial score (nSPS) is 17.8. The third-order valence-corrected chi connectivity index (χ3v) is 4.23. The van der Waals surface area contributed by atoms with Gasteiger partial charge in [-0.2, -0.15) is 5.10 Å². The quantitative estimate of drug-likeness (QED) is 0.678. The third kappa shape index (κ3) is 1.67. The Morgan fingerprint density at radius 1 is 1.38 bits per heavy atom. The van der Waals surface area contributed by atoms with Gasteiger partial charge in [0.1, 0.15) is 11.8 Å². The lowest BCUT2D eigenvalue weighted by atomic mass is 9.98. The van der Waals surface area contributed by atoms with Crippen LogP contribution in [0.2, 0.25) is 0 Å². The Bertz CT molecular complexity index is 932. The summed E-state index contributed by atoms with van der Waals surface area (Å²) in [6, 6.07) is 4.09. The minimum atomic E-state index is 0.0262. The molecule has 0 aliphatic carbocycles. The van der Waals surface area contributed by atoms with Crippen molar-refractivity contribution >= 4 is 21.8 Å². The van der Waals surface area contributed by atoms with Crippen LogP contribution in [0.15, 0.2) is 23.1 Å². The number of hydrogen-bond donors (Lipinski definition) is 0. The zero-order valence-electron chi connectivity index (χ0n) is 12.4. The number of benzene rings is 1. The molecule has 1 aliphatic heterocycles.